The van der Waals surface area contributed by atoms with Crippen molar-refractivity contribution in [2.45, 2.75) is 25.9 Å². The number of ether oxygens (including phenoxy) is 1. The number of methoxy groups -OCH3 is 1. The second-order valence-electron chi connectivity index (χ2n) is 3.70. The first kappa shape index (κ1) is 13.2. The number of nitrogens with zero attached hydrogens (tertiary/aromatic N) is 1. The molecule has 2 amide bonds. The molecule has 1 atom stereocenters. The Kier molecular flexibility index (Phi) is 6.23. The number of hydrogen-bond acceptors (Lipinski definition) is 3. The molecule has 5 nitrogen and oxygen atoms in total. The molecule has 0 rings (SSSR count). The molecule has 0 spiro atoms. The van der Waals surface area contributed by atoms with Crippen LogP contribution in [0.4, 0.5) is 4.79 Å². The lowest BCUT2D eigenvalue weighted by Crippen LogP contribution is -2.46. The van der Waals surface area contributed by atoms with Crippen LogP contribution >= 0.6 is 0 Å². The molecule has 0 saturated heterocycles. The molecule has 0 radical (unpaired) electrons. The molecule has 0 saturated carbocycles. The van der Waals surface area contributed by atoms with Crippen LogP contribution in [0.5, 0.6) is 0 Å². The minimum atomic E-state index is -0.136. The highest BCUT2D eigenvalue weighted by atomic mass is 16.5. The van der Waals surface area contributed by atoms with E-state index in [2.05, 4.69) is 5.32 Å². The number of nitrogens with one attached hydrogen (secondary N) is 1. The van der Waals surface area contributed by atoms with Crippen LogP contribution in [0.15, 0.2) is 0 Å². The quantitative estimate of drug-likeness (QED) is 0.661. The summed E-state index contributed by atoms with van der Waals surface area (Å²) < 4.78 is 4.88. The van der Waals surface area contributed by atoms with E-state index in [1.165, 1.54) is 0 Å². The van der Waals surface area contributed by atoms with Crippen LogP contribution in [0, 0.1) is 0 Å². The number of carbonyl (C=O) groups excluding carboxylic acids is 1. The highest BCUT2D eigenvalue weighted by molar-refractivity contribution is 5.74. The Morgan fingerprint density at radius 2 is 2.14 bits per heavy atom. The second kappa shape index (κ2) is 6.62. The summed E-state index contributed by atoms with van der Waals surface area (Å²) in [4.78, 5) is 13.0. The predicted molar refractivity (Wildman–Crippen MR) is 56.1 cm³/mol. The first-order valence-electron chi connectivity index (χ1n) is 4.73. The van der Waals surface area contributed by atoms with Crippen LogP contribution in [0.25, 0.3) is 0 Å². The van der Waals surface area contributed by atoms with Crippen LogP contribution in [0.3, 0.4) is 0 Å². The summed E-state index contributed by atoms with van der Waals surface area (Å²) in [7, 11) is 3.31. The van der Waals surface area contributed by atoms with Crippen molar-refractivity contribution in [3.63, 3.8) is 0 Å². The molecule has 0 heterocycles. The molecule has 0 aliphatic heterocycles. The van der Waals surface area contributed by atoms with E-state index in [9.17, 15) is 4.79 Å². The fourth-order valence-corrected chi connectivity index (χ4v) is 1.06. The molecule has 0 fully saturated rings. The average Bonchev–Trinajstić information content (AvgIpc) is 2.02. The van der Waals surface area contributed by atoms with Crippen molar-refractivity contribution in [3.05, 3.63) is 0 Å². The van der Waals surface area contributed by atoms with Gasteiger partial charge in [-0.15, -0.1) is 0 Å². The van der Waals surface area contributed by atoms with E-state index in [1.54, 1.807) is 19.1 Å². The normalized spacial score (nSPS) is 12.7. The lowest BCUT2D eigenvalue weighted by atomic mass is 10.3. The number of hydrogen-bond donors (Lipinski definition) is 2. The Hall–Kier alpha value is -0.810. The molecule has 0 aromatic heterocycles. The van der Waals surface area contributed by atoms with E-state index in [0.717, 1.165) is 0 Å². The maximum atomic E-state index is 11.4. The van der Waals surface area contributed by atoms with E-state index in [4.69, 9.17) is 10.5 Å². The number of carbonyl (C=O) groups is 1. The van der Waals surface area contributed by atoms with Crippen LogP contribution < -0.4 is 11.1 Å². The van der Waals surface area contributed by atoms with E-state index in [0.29, 0.717) is 13.2 Å². The standard InChI is InChI=1S/C9H21N3O2/c1-7(2)11-9(13)12(3)5-8(10)6-14-4/h7-8H,5-6,10H2,1-4H3,(H,11,13). The lowest BCUT2D eigenvalue weighted by molar-refractivity contribution is 0.160. The van der Waals surface area contributed by atoms with Gasteiger partial charge in [0.05, 0.1) is 6.61 Å². The van der Waals surface area contributed by atoms with E-state index in [1.807, 2.05) is 13.8 Å². The third kappa shape index (κ3) is 5.77. The van der Waals surface area contributed by atoms with Gasteiger partial charge in [0.25, 0.3) is 0 Å². The topological polar surface area (TPSA) is 67.6 Å². The van der Waals surface area contributed by atoms with Gasteiger partial charge in [-0.2, -0.15) is 0 Å². The van der Waals surface area contributed by atoms with E-state index >= 15 is 0 Å². The van der Waals surface area contributed by atoms with Crippen molar-refractivity contribution in [1.29, 1.82) is 0 Å². The van der Waals surface area contributed by atoms with Gasteiger partial charge in [0.2, 0.25) is 0 Å². The van der Waals surface area contributed by atoms with Crippen molar-refractivity contribution in [1.82, 2.24) is 10.2 Å². The first-order chi connectivity index (χ1) is 6.47. The molecule has 0 aliphatic rings. The largest absolute Gasteiger partial charge is 0.383 e. The van der Waals surface area contributed by atoms with Gasteiger partial charge in [-0.1, -0.05) is 0 Å². The summed E-state index contributed by atoms with van der Waals surface area (Å²) in [5, 5.41) is 2.78. The lowest BCUT2D eigenvalue weighted by Gasteiger charge is -2.22. The molecular formula is C9H21N3O2. The van der Waals surface area contributed by atoms with Crippen molar-refractivity contribution in [2.75, 3.05) is 27.3 Å². The molecular weight excluding hydrogens is 182 g/mol. The van der Waals surface area contributed by atoms with Gasteiger partial charge in [-0.05, 0) is 13.8 Å². The highest BCUT2D eigenvalue weighted by Crippen LogP contribution is 1.90. The first-order valence-corrected chi connectivity index (χ1v) is 4.73. The molecule has 84 valence electrons. The molecule has 14 heavy (non-hydrogen) atoms. The number of amides is 2. The molecule has 3 N–H and O–H groups in total. The minimum absolute atomic E-state index is 0.105. The summed E-state index contributed by atoms with van der Waals surface area (Å²) >= 11 is 0. The molecule has 5 heteroatoms. The average molecular weight is 203 g/mol. The van der Waals surface area contributed by atoms with E-state index < -0.39 is 0 Å². The Morgan fingerprint density at radius 1 is 1.57 bits per heavy atom. The zero-order valence-corrected chi connectivity index (χ0v) is 9.41. The smallest absolute Gasteiger partial charge is 0.317 e. The molecule has 1 unspecified atom stereocenters. The maximum Gasteiger partial charge on any atom is 0.317 e. The minimum Gasteiger partial charge on any atom is -0.383 e. The Balaban J connectivity index is 3.82. The van der Waals surface area contributed by atoms with Crippen molar-refractivity contribution < 1.29 is 9.53 Å². The highest BCUT2D eigenvalue weighted by Gasteiger charge is 2.12. The van der Waals surface area contributed by atoms with E-state index in [-0.39, 0.29) is 18.1 Å². The molecule has 0 aromatic rings. The number of likely N-dealkylation sites (N-methyl/N-ethyl adjacent to an activating group) is 1. The Labute approximate surface area is 85.6 Å². The third-order valence-electron chi connectivity index (χ3n) is 1.65. The van der Waals surface area contributed by atoms with Crippen LogP contribution in [0.1, 0.15) is 13.8 Å². The second-order valence-corrected chi connectivity index (χ2v) is 3.70. The third-order valence-corrected chi connectivity index (χ3v) is 1.65. The monoisotopic (exact) mass is 203 g/mol. The summed E-state index contributed by atoms with van der Waals surface area (Å²) in [5.41, 5.74) is 5.71. The van der Waals surface area contributed by atoms with Crippen molar-refractivity contribution in [2.24, 2.45) is 5.73 Å². The van der Waals surface area contributed by atoms with Gasteiger partial charge in [-0.3, -0.25) is 0 Å². The molecule has 0 aliphatic carbocycles. The van der Waals surface area contributed by atoms with Crippen LogP contribution in [-0.2, 0) is 4.74 Å². The summed E-state index contributed by atoms with van der Waals surface area (Å²) in [5.74, 6) is 0. The SMILES string of the molecule is COCC(N)CN(C)C(=O)NC(C)C. The van der Waals surface area contributed by atoms with Crippen LogP contribution in [-0.4, -0.2) is 50.3 Å². The Morgan fingerprint density at radius 3 is 2.57 bits per heavy atom. The van der Waals surface area contributed by atoms with Gasteiger partial charge in [0.15, 0.2) is 0 Å². The summed E-state index contributed by atoms with van der Waals surface area (Å²) in [6.45, 7) is 4.79. The van der Waals surface area contributed by atoms with Gasteiger partial charge in [0, 0.05) is 32.8 Å². The predicted octanol–water partition coefficient (Wildman–Crippen LogP) is 0.00990. The van der Waals surface area contributed by atoms with Gasteiger partial charge < -0.3 is 20.7 Å². The fourth-order valence-electron chi connectivity index (χ4n) is 1.06. The van der Waals surface area contributed by atoms with Crippen molar-refractivity contribution >= 4 is 6.03 Å². The van der Waals surface area contributed by atoms with Gasteiger partial charge in [0.1, 0.15) is 0 Å². The maximum absolute atomic E-state index is 11.4. The van der Waals surface area contributed by atoms with Crippen molar-refractivity contribution in [3.8, 4) is 0 Å². The molecule has 0 bridgehead atoms. The summed E-state index contributed by atoms with van der Waals surface area (Å²) in [6, 6.07) is -0.0990. The number of rotatable bonds is 5. The van der Waals surface area contributed by atoms with Gasteiger partial charge in [-0.25, -0.2) is 4.79 Å². The molecule has 0 aromatic carbocycles. The van der Waals surface area contributed by atoms with Gasteiger partial charge >= 0.3 is 6.03 Å². The zero-order chi connectivity index (χ0) is 11.1. The number of nitrogens with two attached hydrogens (primary N) is 1. The summed E-state index contributed by atoms with van der Waals surface area (Å²) in [6.07, 6.45) is 0. The zero-order valence-electron chi connectivity index (χ0n) is 9.41. The fraction of sp³-hybridized carbons (Fsp3) is 0.889. The van der Waals surface area contributed by atoms with Crippen LogP contribution in [0.2, 0.25) is 0 Å². The Bertz CT molecular complexity index is 173. The number of urea groups is 1.